The minimum Gasteiger partial charge on any atom is -0.469 e. The summed E-state index contributed by atoms with van der Waals surface area (Å²) in [6, 6.07) is 5.76. The Balaban J connectivity index is 1.39. The molecular weight excluding hydrogens is 478 g/mol. The number of hydrogen-bond acceptors (Lipinski definition) is 7. The smallest absolute Gasteiger partial charge is 0.410 e. The van der Waals surface area contributed by atoms with Gasteiger partial charge in [0.15, 0.2) is 0 Å². The molecule has 1 saturated carbocycles. The number of nitrogens with zero attached hydrogens (tertiary/aromatic N) is 2. The Morgan fingerprint density at radius 3 is 2.50 bits per heavy atom. The number of aryl methyl sites for hydroxylation is 1. The molecule has 1 aromatic heterocycles. The van der Waals surface area contributed by atoms with Gasteiger partial charge in [-0.25, -0.2) is 9.78 Å². The molecule has 2 amide bonds. The molecular formula is C27H35N3O5S. The first-order chi connectivity index (χ1) is 17.0. The van der Waals surface area contributed by atoms with Crippen LogP contribution in [0.5, 0.6) is 0 Å². The second kappa shape index (κ2) is 10.6. The highest BCUT2D eigenvalue weighted by Gasteiger charge is 2.29. The monoisotopic (exact) mass is 513 g/mol. The Hall–Kier alpha value is -2.94. The topological polar surface area (TPSA) is 97.8 Å². The van der Waals surface area contributed by atoms with E-state index in [2.05, 4.69) is 5.32 Å². The molecule has 0 bridgehead atoms. The molecule has 1 aliphatic heterocycles. The fraction of sp³-hybridized carbons (Fsp3) is 0.556. The second-order valence-electron chi connectivity index (χ2n) is 10.6. The average Bonchev–Trinajstić information content (AvgIpc) is 3.26. The van der Waals surface area contributed by atoms with Crippen LogP contribution in [0.2, 0.25) is 0 Å². The molecule has 1 aromatic carbocycles. The van der Waals surface area contributed by atoms with Crippen LogP contribution in [0.3, 0.4) is 0 Å². The van der Waals surface area contributed by atoms with E-state index in [-0.39, 0.29) is 29.9 Å². The summed E-state index contributed by atoms with van der Waals surface area (Å²) in [6.45, 7) is 8.68. The molecule has 1 aliphatic carbocycles. The summed E-state index contributed by atoms with van der Waals surface area (Å²) in [7, 11) is 1.42. The third kappa shape index (κ3) is 6.06. The fourth-order valence-corrected chi connectivity index (χ4v) is 5.96. The number of esters is 1. The van der Waals surface area contributed by atoms with Crippen molar-refractivity contribution < 1.29 is 23.9 Å². The van der Waals surface area contributed by atoms with Crippen LogP contribution in [-0.4, -0.2) is 53.2 Å². The molecule has 0 atom stereocenters. The number of carbonyl (C=O) groups is 3. The highest BCUT2D eigenvalue weighted by Crippen LogP contribution is 2.34. The SMILES string of the molecule is COC(=O)[C@H]1CC[C@H](NC(=O)c2ccc(-c3nc4c(s3)CN(C(=O)OC(C)(C)C)CC4)c(C)c2)CC1. The minimum absolute atomic E-state index is 0.0648. The molecule has 2 aliphatic rings. The van der Waals surface area contributed by atoms with Gasteiger partial charge in [-0.05, 0) is 71.1 Å². The number of methoxy groups -OCH3 is 1. The Labute approximate surface area is 216 Å². The van der Waals surface area contributed by atoms with E-state index in [1.165, 1.54) is 7.11 Å². The van der Waals surface area contributed by atoms with E-state index in [4.69, 9.17) is 14.5 Å². The standard InChI is InChI=1S/C27H35N3O5S/c1-16-14-18(23(31)28-19-9-6-17(7-10-19)25(32)34-5)8-11-20(16)24-29-21-12-13-30(15-22(21)36-24)26(33)35-27(2,3)4/h8,11,14,17,19H,6-7,9-10,12-13,15H2,1-5H3,(H,28,31)/t17-,19-. The Bertz CT molecular complexity index is 1140. The van der Waals surface area contributed by atoms with Gasteiger partial charge in [-0.1, -0.05) is 6.07 Å². The number of aromatic nitrogens is 1. The normalized spacial score (nSPS) is 19.9. The lowest BCUT2D eigenvalue weighted by Crippen LogP contribution is -2.39. The Morgan fingerprint density at radius 1 is 1.14 bits per heavy atom. The fourth-order valence-electron chi connectivity index (χ4n) is 4.75. The van der Waals surface area contributed by atoms with E-state index >= 15 is 0 Å². The molecule has 2 aromatic rings. The van der Waals surface area contributed by atoms with Gasteiger partial charge in [0.2, 0.25) is 0 Å². The van der Waals surface area contributed by atoms with Crippen molar-refractivity contribution in [3.8, 4) is 10.6 Å². The van der Waals surface area contributed by atoms with Crippen LogP contribution in [-0.2, 0) is 27.2 Å². The van der Waals surface area contributed by atoms with E-state index in [0.29, 0.717) is 25.1 Å². The van der Waals surface area contributed by atoms with Crippen LogP contribution < -0.4 is 5.32 Å². The van der Waals surface area contributed by atoms with Gasteiger partial charge in [-0.15, -0.1) is 11.3 Å². The molecule has 2 heterocycles. The van der Waals surface area contributed by atoms with Crippen LogP contribution in [0.25, 0.3) is 10.6 Å². The largest absolute Gasteiger partial charge is 0.469 e. The molecule has 0 spiro atoms. The van der Waals surface area contributed by atoms with Crippen LogP contribution in [0.1, 0.15) is 72.9 Å². The van der Waals surface area contributed by atoms with Crippen LogP contribution in [0, 0.1) is 12.8 Å². The van der Waals surface area contributed by atoms with E-state index < -0.39 is 5.60 Å². The Morgan fingerprint density at radius 2 is 1.86 bits per heavy atom. The lowest BCUT2D eigenvalue weighted by molar-refractivity contribution is -0.146. The predicted octanol–water partition coefficient (Wildman–Crippen LogP) is 4.87. The van der Waals surface area contributed by atoms with Crippen molar-refractivity contribution in [2.24, 2.45) is 5.92 Å². The van der Waals surface area contributed by atoms with Gasteiger partial charge < -0.3 is 19.7 Å². The molecule has 0 saturated heterocycles. The first-order valence-electron chi connectivity index (χ1n) is 12.5. The van der Waals surface area contributed by atoms with Crippen molar-refractivity contribution in [1.82, 2.24) is 15.2 Å². The molecule has 8 nitrogen and oxygen atoms in total. The zero-order chi connectivity index (χ0) is 26.0. The number of nitrogens with one attached hydrogen (secondary N) is 1. The maximum atomic E-state index is 12.9. The van der Waals surface area contributed by atoms with Gasteiger partial charge in [0, 0.05) is 35.0 Å². The van der Waals surface area contributed by atoms with Crippen molar-refractivity contribution in [3.05, 3.63) is 39.9 Å². The third-order valence-electron chi connectivity index (χ3n) is 6.70. The van der Waals surface area contributed by atoms with Crippen molar-refractivity contribution in [2.45, 2.75) is 78.0 Å². The summed E-state index contributed by atoms with van der Waals surface area (Å²) >= 11 is 1.59. The number of benzene rings is 1. The number of amides is 2. The summed E-state index contributed by atoms with van der Waals surface area (Å²) in [5, 5.41) is 4.02. The van der Waals surface area contributed by atoms with Crippen molar-refractivity contribution >= 4 is 29.3 Å². The van der Waals surface area contributed by atoms with Gasteiger partial charge in [-0.2, -0.15) is 0 Å². The maximum absolute atomic E-state index is 12.9. The highest BCUT2D eigenvalue weighted by atomic mass is 32.1. The summed E-state index contributed by atoms with van der Waals surface area (Å²) < 4.78 is 10.4. The molecule has 36 heavy (non-hydrogen) atoms. The number of hydrogen-bond donors (Lipinski definition) is 1. The third-order valence-corrected chi connectivity index (χ3v) is 7.81. The lowest BCUT2D eigenvalue weighted by Gasteiger charge is -2.29. The van der Waals surface area contributed by atoms with Crippen LogP contribution >= 0.6 is 11.3 Å². The number of ether oxygens (including phenoxy) is 2. The van der Waals surface area contributed by atoms with Crippen LogP contribution in [0.15, 0.2) is 18.2 Å². The molecule has 4 rings (SSSR count). The number of fused-ring (bicyclic) bond motifs is 1. The van der Waals surface area contributed by atoms with E-state index in [9.17, 15) is 14.4 Å². The van der Waals surface area contributed by atoms with Gasteiger partial charge >= 0.3 is 12.1 Å². The summed E-state index contributed by atoms with van der Waals surface area (Å²) in [5.74, 6) is -0.324. The van der Waals surface area contributed by atoms with Crippen molar-refractivity contribution in [1.29, 1.82) is 0 Å². The number of rotatable bonds is 4. The second-order valence-corrected chi connectivity index (χ2v) is 11.7. The quantitative estimate of drug-likeness (QED) is 0.586. The average molecular weight is 514 g/mol. The first-order valence-corrected chi connectivity index (χ1v) is 13.3. The van der Waals surface area contributed by atoms with Crippen molar-refractivity contribution in [3.63, 3.8) is 0 Å². The zero-order valence-corrected chi connectivity index (χ0v) is 22.5. The molecule has 1 N–H and O–H groups in total. The lowest BCUT2D eigenvalue weighted by atomic mass is 9.86. The molecule has 1 fully saturated rings. The van der Waals surface area contributed by atoms with Gasteiger partial charge in [0.1, 0.15) is 10.6 Å². The van der Waals surface area contributed by atoms with E-state index in [1.807, 2.05) is 45.9 Å². The van der Waals surface area contributed by atoms with E-state index in [1.54, 1.807) is 16.2 Å². The van der Waals surface area contributed by atoms with Crippen LogP contribution in [0.4, 0.5) is 4.79 Å². The summed E-state index contributed by atoms with van der Waals surface area (Å²) in [5.41, 5.74) is 3.09. The molecule has 9 heteroatoms. The minimum atomic E-state index is -0.524. The molecule has 0 unspecified atom stereocenters. The van der Waals surface area contributed by atoms with Gasteiger partial charge in [0.25, 0.3) is 5.91 Å². The summed E-state index contributed by atoms with van der Waals surface area (Å²) in [6.07, 6.45) is 3.41. The Kier molecular flexibility index (Phi) is 7.68. The highest BCUT2D eigenvalue weighted by molar-refractivity contribution is 7.15. The van der Waals surface area contributed by atoms with Gasteiger partial charge in [-0.3, -0.25) is 9.59 Å². The predicted molar refractivity (Wildman–Crippen MR) is 138 cm³/mol. The zero-order valence-electron chi connectivity index (χ0n) is 21.7. The summed E-state index contributed by atoms with van der Waals surface area (Å²) in [4.78, 5) is 44.7. The van der Waals surface area contributed by atoms with Gasteiger partial charge in [0.05, 0.1) is 25.3 Å². The maximum Gasteiger partial charge on any atom is 0.410 e. The molecule has 0 radical (unpaired) electrons. The van der Waals surface area contributed by atoms with Crippen molar-refractivity contribution in [2.75, 3.05) is 13.7 Å². The van der Waals surface area contributed by atoms with E-state index in [0.717, 1.165) is 52.4 Å². The molecule has 194 valence electrons. The number of thiazole rings is 1. The number of carbonyl (C=O) groups excluding carboxylic acids is 3. The first kappa shape index (κ1) is 26.1.